The van der Waals surface area contributed by atoms with Crippen LogP contribution in [0.1, 0.15) is 12.5 Å². The first-order valence-electron chi connectivity index (χ1n) is 7.77. The molecule has 8 heteroatoms. The Kier molecular flexibility index (Phi) is 6.16. The van der Waals surface area contributed by atoms with Crippen LogP contribution < -0.4 is 10.2 Å². The molecule has 0 aromatic heterocycles. The molecule has 0 radical (unpaired) electrons. The molecule has 7 nitrogen and oxygen atoms in total. The van der Waals surface area contributed by atoms with Gasteiger partial charge < -0.3 is 15.0 Å². The highest BCUT2D eigenvalue weighted by molar-refractivity contribution is 6.31. The fourth-order valence-corrected chi connectivity index (χ4v) is 2.56. The summed E-state index contributed by atoms with van der Waals surface area (Å²) in [6, 6.07) is 5.26. The smallest absolute Gasteiger partial charge is 0.416 e. The number of hydrogen-bond acceptors (Lipinski definition) is 4. The van der Waals surface area contributed by atoms with E-state index in [4.69, 9.17) is 16.3 Å². The molecule has 1 aliphatic heterocycles. The highest BCUT2D eigenvalue weighted by Gasteiger charge is 2.31. The van der Waals surface area contributed by atoms with Gasteiger partial charge in [-0.05, 0) is 31.5 Å². The highest BCUT2D eigenvalue weighted by Crippen LogP contribution is 2.19. The van der Waals surface area contributed by atoms with Crippen molar-refractivity contribution in [3.05, 3.63) is 28.8 Å². The maximum atomic E-state index is 12.2. The van der Waals surface area contributed by atoms with Crippen molar-refractivity contribution in [3.8, 4) is 0 Å². The molecule has 0 spiro atoms. The zero-order valence-electron chi connectivity index (χ0n) is 13.7. The van der Waals surface area contributed by atoms with Gasteiger partial charge in [0.15, 0.2) is 13.1 Å². The molecular weight excluding hydrogens is 334 g/mol. The van der Waals surface area contributed by atoms with E-state index in [-0.39, 0.29) is 38.1 Å². The molecule has 1 aromatic rings. The molecule has 2 rings (SSSR count). The maximum Gasteiger partial charge on any atom is 0.416 e. The summed E-state index contributed by atoms with van der Waals surface area (Å²) in [5, 5.41) is 3.35. The van der Waals surface area contributed by atoms with Crippen molar-refractivity contribution in [2.45, 2.75) is 13.8 Å². The van der Waals surface area contributed by atoms with Gasteiger partial charge in [-0.25, -0.2) is 9.69 Å². The van der Waals surface area contributed by atoms with Crippen LogP contribution in [0.5, 0.6) is 0 Å². The molecule has 1 atom stereocenters. The minimum atomic E-state index is -0.616. The second kappa shape index (κ2) is 8.12. The van der Waals surface area contributed by atoms with Gasteiger partial charge in [0, 0.05) is 10.7 Å². The van der Waals surface area contributed by atoms with Crippen LogP contribution in [0.15, 0.2) is 18.2 Å². The van der Waals surface area contributed by atoms with Crippen molar-refractivity contribution in [2.75, 3.05) is 38.1 Å². The number of carbonyl (C=O) groups is 3. The Hall–Kier alpha value is -2.12. The number of aryl methyl sites for hydroxylation is 1. The largest absolute Gasteiger partial charge is 0.447 e. The number of amides is 3. The third-order valence-electron chi connectivity index (χ3n) is 3.85. The van der Waals surface area contributed by atoms with Crippen molar-refractivity contribution >= 4 is 35.2 Å². The number of anilines is 1. The second-order valence-electron chi connectivity index (χ2n) is 5.62. The molecule has 0 saturated carbocycles. The van der Waals surface area contributed by atoms with Crippen LogP contribution in [0.3, 0.4) is 0 Å². The van der Waals surface area contributed by atoms with Crippen LogP contribution >= 0.6 is 11.6 Å². The molecule has 130 valence electrons. The van der Waals surface area contributed by atoms with Gasteiger partial charge in [0.25, 0.3) is 11.8 Å². The number of quaternary nitrogens is 1. The van der Waals surface area contributed by atoms with Crippen molar-refractivity contribution in [3.63, 3.8) is 0 Å². The zero-order chi connectivity index (χ0) is 17.7. The number of imide groups is 1. The van der Waals surface area contributed by atoms with Gasteiger partial charge in [0.1, 0.15) is 6.61 Å². The number of likely N-dealkylation sites (N-methyl/N-ethyl adjacent to an activating group) is 1. The molecule has 1 heterocycles. The number of ether oxygens (including phenoxy) is 1. The van der Waals surface area contributed by atoms with E-state index >= 15 is 0 Å². The number of benzene rings is 1. The Morgan fingerprint density at radius 2 is 2.12 bits per heavy atom. The van der Waals surface area contributed by atoms with E-state index in [0.29, 0.717) is 17.3 Å². The summed E-state index contributed by atoms with van der Waals surface area (Å²) in [5.74, 6) is -0.546. The predicted molar refractivity (Wildman–Crippen MR) is 89.1 cm³/mol. The first kappa shape index (κ1) is 18.2. The normalized spacial score (nSPS) is 15.1. The molecule has 1 aliphatic rings. The van der Waals surface area contributed by atoms with E-state index in [1.165, 1.54) is 0 Å². The molecular formula is C16H21ClN3O4+. The SMILES string of the molecule is CC[NH+](CC(=O)Nc1cc(Cl)ccc1C)CC(=O)N1CCOC1=O. The fraction of sp³-hybridized carbons (Fsp3) is 0.438. The van der Waals surface area contributed by atoms with Gasteiger partial charge in [-0.3, -0.25) is 9.59 Å². The topological polar surface area (TPSA) is 80.2 Å². The fourth-order valence-electron chi connectivity index (χ4n) is 2.39. The highest BCUT2D eigenvalue weighted by atomic mass is 35.5. The van der Waals surface area contributed by atoms with E-state index in [0.717, 1.165) is 15.4 Å². The Balaban J connectivity index is 1.92. The van der Waals surface area contributed by atoms with Gasteiger partial charge in [0.2, 0.25) is 0 Å². The minimum Gasteiger partial charge on any atom is -0.447 e. The van der Waals surface area contributed by atoms with Crippen LogP contribution in [0.2, 0.25) is 5.02 Å². The van der Waals surface area contributed by atoms with Gasteiger partial charge in [-0.1, -0.05) is 17.7 Å². The molecule has 0 bridgehead atoms. The van der Waals surface area contributed by atoms with Crippen LogP contribution in [0, 0.1) is 6.92 Å². The minimum absolute atomic E-state index is 0.0630. The lowest BCUT2D eigenvalue weighted by Gasteiger charge is -2.19. The number of carbonyl (C=O) groups excluding carboxylic acids is 3. The van der Waals surface area contributed by atoms with Gasteiger partial charge in [-0.15, -0.1) is 0 Å². The number of hydrogen-bond donors (Lipinski definition) is 2. The lowest BCUT2D eigenvalue weighted by Crippen LogP contribution is -3.14. The molecule has 1 aromatic carbocycles. The quantitative estimate of drug-likeness (QED) is 0.778. The molecule has 24 heavy (non-hydrogen) atoms. The number of nitrogens with one attached hydrogen (secondary N) is 2. The van der Waals surface area contributed by atoms with Crippen molar-refractivity contribution in [2.24, 2.45) is 0 Å². The van der Waals surface area contributed by atoms with E-state index in [1.54, 1.807) is 12.1 Å². The summed E-state index contributed by atoms with van der Waals surface area (Å²) in [4.78, 5) is 37.6. The van der Waals surface area contributed by atoms with E-state index < -0.39 is 6.09 Å². The molecule has 2 N–H and O–H groups in total. The summed E-state index contributed by atoms with van der Waals surface area (Å²) in [7, 11) is 0. The van der Waals surface area contributed by atoms with Gasteiger partial charge in [-0.2, -0.15) is 0 Å². The second-order valence-corrected chi connectivity index (χ2v) is 6.06. The summed E-state index contributed by atoms with van der Waals surface area (Å²) >= 11 is 5.94. The van der Waals surface area contributed by atoms with Crippen LogP contribution in [-0.4, -0.2) is 55.6 Å². The maximum absolute atomic E-state index is 12.2. The Bertz CT molecular complexity index is 650. The van der Waals surface area contributed by atoms with E-state index in [1.807, 2.05) is 19.9 Å². The Morgan fingerprint density at radius 3 is 2.75 bits per heavy atom. The molecule has 1 fully saturated rings. The number of halogens is 1. The van der Waals surface area contributed by atoms with Gasteiger partial charge >= 0.3 is 6.09 Å². The predicted octanol–water partition coefficient (Wildman–Crippen LogP) is 0.471. The van der Waals surface area contributed by atoms with E-state index in [2.05, 4.69) is 5.32 Å². The van der Waals surface area contributed by atoms with Crippen molar-refractivity contribution in [1.82, 2.24) is 4.90 Å². The molecule has 1 unspecified atom stereocenters. The lowest BCUT2D eigenvalue weighted by atomic mass is 10.2. The third kappa shape index (κ3) is 4.69. The van der Waals surface area contributed by atoms with Crippen LogP contribution in [0.4, 0.5) is 10.5 Å². The number of rotatable bonds is 6. The molecule has 3 amide bonds. The Morgan fingerprint density at radius 1 is 1.38 bits per heavy atom. The average molecular weight is 355 g/mol. The molecule has 0 aliphatic carbocycles. The number of nitrogens with zero attached hydrogens (tertiary/aromatic N) is 1. The summed E-state index contributed by atoms with van der Waals surface area (Å²) < 4.78 is 4.75. The summed E-state index contributed by atoms with van der Waals surface area (Å²) in [6.45, 7) is 5.01. The van der Waals surface area contributed by atoms with Gasteiger partial charge in [0.05, 0.1) is 13.1 Å². The first-order chi connectivity index (χ1) is 11.4. The standard InChI is InChI=1S/C16H20ClN3O4/c1-3-19(10-15(22)20-6-7-24-16(20)23)9-14(21)18-13-8-12(17)5-4-11(13)2/h4-5,8H,3,6-7,9-10H2,1-2H3,(H,18,21)/p+1. The third-order valence-corrected chi connectivity index (χ3v) is 4.08. The monoisotopic (exact) mass is 354 g/mol. The Labute approximate surface area is 145 Å². The van der Waals surface area contributed by atoms with Crippen molar-refractivity contribution in [1.29, 1.82) is 0 Å². The van der Waals surface area contributed by atoms with Crippen LogP contribution in [-0.2, 0) is 14.3 Å². The van der Waals surface area contributed by atoms with Crippen LogP contribution in [0.25, 0.3) is 0 Å². The van der Waals surface area contributed by atoms with Crippen molar-refractivity contribution < 1.29 is 24.0 Å². The summed E-state index contributed by atoms with van der Waals surface area (Å²) in [6.07, 6.45) is -0.616. The first-order valence-corrected chi connectivity index (χ1v) is 8.15. The van der Waals surface area contributed by atoms with E-state index in [9.17, 15) is 14.4 Å². The summed E-state index contributed by atoms with van der Waals surface area (Å²) in [5.41, 5.74) is 1.55. The zero-order valence-corrected chi connectivity index (χ0v) is 14.5. The average Bonchev–Trinajstić information content (AvgIpc) is 2.96. The molecule has 1 saturated heterocycles. The number of cyclic esters (lactones) is 1. The lowest BCUT2D eigenvalue weighted by molar-refractivity contribution is -0.881.